The van der Waals surface area contributed by atoms with Gasteiger partial charge in [-0.25, -0.2) is 0 Å². The van der Waals surface area contributed by atoms with Crippen molar-refractivity contribution in [1.29, 1.82) is 0 Å². The first kappa shape index (κ1) is 14.3. The van der Waals surface area contributed by atoms with E-state index in [1.54, 1.807) is 4.90 Å². The van der Waals surface area contributed by atoms with Crippen molar-refractivity contribution in [2.75, 3.05) is 30.0 Å². The molecule has 0 saturated heterocycles. The summed E-state index contributed by atoms with van der Waals surface area (Å²) < 4.78 is 0. The van der Waals surface area contributed by atoms with Crippen molar-refractivity contribution in [2.24, 2.45) is 0 Å². The van der Waals surface area contributed by atoms with E-state index < -0.39 is 0 Å². The molecule has 0 aliphatic heterocycles. The molecule has 0 fully saturated rings. The van der Waals surface area contributed by atoms with Crippen LogP contribution in [0.15, 0.2) is 24.3 Å². The van der Waals surface area contributed by atoms with Crippen LogP contribution in [0.2, 0.25) is 5.02 Å². The number of nitrogens with one attached hydrogen (secondary N) is 1. The highest BCUT2D eigenvalue weighted by atomic mass is 35.5. The third-order valence-electron chi connectivity index (χ3n) is 2.74. The molecule has 0 radical (unpaired) electrons. The maximum absolute atomic E-state index is 5.99. The molecule has 1 aromatic heterocycles. The van der Waals surface area contributed by atoms with Gasteiger partial charge in [0.05, 0.1) is 6.04 Å². The molecule has 1 aromatic carbocycles. The largest absolute Gasteiger partial charge is 0.368 e. The maximum atomic E-state index is 5.99. The van der Waals surface area contributed by atoms with Gasteiger partial charge in [0.25, 0.3) is 0 Å². The van der Waals surface area contributed by atoms with Gasteiger partial charge in [-0.05, 0) is 24.6 Å². The van der Waals surface area contributed by atoms with Crippen LogP contribution in [-0.2, 0) is 0 Å². The molecule has 1 heterocycles. The van der Waals surface area contributed by atoms with E-state index in [1.807, 2.05) is 45.3 Å². The van der Waals surface area contributed by atoms with Gasteiger partial charge in [0, 0.05) is 19.1 Å². The number of nitrogens with zero attached hydrogens (tertiary/aromatic N) is 4. The number of aromatic nitrogens is 3. The Morgan fingerprint density at radius 2 is 2.00 bits per heavy atom. The topological polar surface area (TPSA) is 80.0 Å². The Bertz CT molecular complexity index is 601. The quantitative estimate of drug-likeness (QED) is 0.900. The molecular weight excluding hydrogens is 276 g/mol. The molecule has 6 nitrogen and oxygen atoms in total. The van der Waals surface area contributed by atoms with Crippen LogP contribution in [0.1, 0.15) is 18.5 Å². The summed E-state index contributed by atoms with van der Waals surface area (Å²) in [5.74, 6) is 1.14. The number of anilines is 3. The molecule has 20 heavy (non-hydrogen) atoms. The number of nitrogens with two attached hydrogens (primary N) is 1. The third kappa shape index (κ3) is 3.48. The summed E-state index contributed by atoms with van der Waals surface area (Å²) in [6.45, 7) is 2.00. The van der Waals surface area contributed by atoms with Crippen LogP contribution in [0.4, 0.5) is 17.8 Å². The Labute approximate surface area is 123 Å². The standard InChI is InChI=1S/C13H17ClN6/c1-8(9-5-4-6-10(14)7-9)16-12-17-11(15)18-13(19-12)20(2)3/h4-8H,1-3H3,(H3,15,16,17,18,19). The van der Waals surface area contributed by atoms with Gasteiger partial charge < -0.3 is 16.0 Å². The highest BCUT2D eigenvalue weighted by Crippen LogP contribution is 2.21. The van der Waals surface area contributed by atoms with Crippen LogP contribution in [0, 0.1) is 0 Å². The lowest BCUT2D eigenvalue weighted by Crippen LogP contribution is -2.17. The van der Waals surface area contributed by atoms with E-state index in [1.165, 1.54) is 0 Å². The average Bonchev–Trinajstić information content (AvgIpc) is 2.37. The summed E-state index contributed by atoms with van der Waals surface area (Å²) in [6.07, 6.45) is 0. The Morgan fingerprint density at radius 3 is 2.65 bits per heavy atom. The Hall–Kier alpha value is -2.08. The fraction of sp³-hybridized carbons (Fsp3) is 0.308. The molecule has 2 aromatic rings. The molecule has 7 heteroatoms. The van der Waals surface area contributed by atoms with Gasteiger partial charge in [-0.15, -0.1) is 0 Å². The van der Waals surface area contributed by atoms with Crippen LogP contribution in [0.3, 0.4) is 0 Å². The van der Waals surface area contributed by atoms with Gasteiger partial charge in [-0.3, -0.25) is 0 Å². The minimum Gasteiger partial charge on any atom is -0.368 e. The first-order valence-electron chi connectivity index (χ1n) is 6.16. The summed E-state index contributed by atoms with van der Waals surface area (Å²) in [6, 6.07) is 7.63. The van der Waals surface area contributed by atoms with Gasteiger partial charge in [0.1, 0.15) is 0 Å². The van der Waals surface area contributed by atoms with E-state index in [4.69, 9.17) is 17.3 Å². The van der Waals surface area contributed by atoms with Gasteiger partial charge in [-0.2, -0.15) is 15.0 Å². The first-order chi connectivity index (χ1) is 9.45. The van der Waals surface area contributed by atoms with E-state index >= 15 is 0 Å². The first-order valence-corrected chi connectivity index (χ1v) is 6.54. The summed E-state index contributed by atoms with van der Waals surface area (Å²) in [5, 5.41) is 3.89. The minimum atomic E-state index is 0.00510. The van der Waals surface area contributed by atoms with Crippen LogP contribution >= 0.6 is 11.6 Å². The number of halogens is 1. The normalized spacial score (nSPS) is 12.0. The van der Waals surface area contributed by atoms with E-state index in [0.29, 0.717) is 16.9 Å². The molecule has 0 spiro atoms. The van der Waals surface area contributed by atoms with Crippen molar-refractivity contribution in [3.8, 4) is 0 Å². The highest BCUT2D eigenvalue weighted by Gasteiger charge is 2.10. The van der Waals surface area contributed by atoms with Gasteiger partial charge in [-0.1, -0.05) is 23.7 Å². The van der Waals surface area contributed by atoms with Crippen molar-refractivity contribution >= 4 is 29.4 Å². The number of rotatable bonds is 4. The number of nitrogen functional groups attached to an aromatic ring is 1. The smallest absolute Gasteiger partial charge is 0.231 e. The molecule has 0 amide bonds. The minimum absolute atomic E-state index is 0.00510. The Balaban J connectivity index is 2.21. The van der Waals surface area contributed by atoms with Crippen molar-refractivity contribution in [3.63, 3.8) is 0 Å². The summed E-state index contributed by atoms with van der Waals surface area (Å²) >= 11 is 5.99. The van der Waals surface area contributed by atoms with Gasteiger partial charge >= 0.3 is 0 Å². The Kier molecular flexibility index (Phi) is 4.24. The zero-order valence-corrected chi connectivity index (χ0v) is 12.4. The highest BCUT2D eigenvalue weighted by molar-refractivity contribution is 6.30. The molecule has 0 bridgehead atoms. The van der Waals surface area contributed by atoms with Crippen molar-refractivity contribution in [2.45, 2.75) is 13.0 Å². The summed E-state index contributed by atoms with van der Waals surface area (Å²) in [4.78, 5) is 14.2. The van der Waals surface area contributed by atoms with Crippen LogP contribution in [-0.4, -0.2) is 29.0 Å². The zero-order valence-electron chi connectivity index (χ0n) is 11.6. The van der Waals surface area contributed by atoms with E-state index in [2.05, 4.69) is 20.3 Å². The summed E-state index contributed by atoms with van der Waals surface area (Å²) in [7, 11) is 3.69. The molecule has 0 aliphatic carbocycles. The molecule has 106 valence electrons. The van der Waals surface area contributed by atoms with Crippen LogP contribution in [0.5, 0.6) is 0 Å². The van der Waals surface area contributed by atoms with Crippen LogP contribution in [0.25, 0.3) is 0 Å². The van der Waals surface area contributed by atoms with Crippen molar-refractivity contribution in [1.82, 2.24) is 15.0 Å². The molecular formula is C13H17ClN6. The number of hydrogen-bond acceptors (Lipinski definition) is 6. The summed E-state index contributed by atoms with van der Waals surface area (Å²) in [5.41, 5.74) is 6.73. The molecule has 2 rings (SSSR count). The fourth-order valence-corrected chi connectivity index (χ4v) is 1.90. The average molecular weight is 293 g/mol. The monoisotopic (exact) mass is 292 g/mol. The molecule has 1 unspecified atom stereocenters. The van der Waals surface area contributed by atoms with E-state index in [0.717, 1.165) is 5.56 Å². The van der Waals surface area contributed by atoms with E-state index in [-0.39, 0.29) is 12.0 Å². The lowest BCUT2D eigenvalue weighted by atomic mass is 10.1. The molecule has 0 saturated carbocycles. The second-order valence-corrected chi connectivity index (χ2v) is 5.07. The fourth-order valence-electron chi connectivity index (χ4n) is 1.70. The zero-order chi connectivity index (χ0) is 14.7. The van der Waals surface area contributed by atoms with Gasteiger partial charge in [0.2, 0.25) is 17.8 Å². The predicted octanol–water partition coefficient (Wildman–Crippen LogP) is 2.35. The lowest BCUT2D eigenvalue weighted by Gasteiger charge is -2.16. The van der Waals surface area contributed by atoms with Gasteiger partial charge in [0.15, 0.2) is 0 Å². The van der Waals surface area contributed by atoms with Crippen molar-refractivity contribution < 1.29 is 0 Å². The van der Waals surface area contributed by atoms with E-state index in [9.17, 15) is 0 Å². The number of hydrogen-bond donors (Lipinski definition) is 2. The third-order valence-corrected chi connectivity index (χ3v) is 2.97. The Morgan fingerprint density at radius 1 is 1.25 bits per heavy atom. The SMILES string of the molecule is CC(Nc1nc(N)nc(N(C)C)n1)c1cccc(Cl)c1. The maximum Gasteiger partial charge on any atom is 0.231 e. The molecule has 3 N–H and O–H groups in total. The number of benzene rings is 1. The molecule has 0 aliphatic rings. The van der Waals surface area contributed by atoms with Crippen LogP contribution < -0.4 is 16.0 Å². The lowest BCUT2D eigenvalue weighted by molar-refractivity contribution is 0.850. The van der Waals surface area contributed by atoms with Crippen molar-refractivity contribution in [3.05, 3.63) is 34.9 Å². The molecule has 1 atom stereocenters. The predicted molar refractivity (Wildman–Crippen MR) is 82.1 cm³/mol. The second kappa shape index (κ2) is 5.92. The second-order valence-electron chi connectivity index (χ2n) is 4.63.